The van der Waals surface area contributed by atoms with Crippen LogP contribution in [0.4, 0.5) is 32.4 Å². The maximum atomic E-state index is 14.2. The molecular formula is C18H17F5N4O3S. The number of aromatic nitrogens is 2. The lowest BCUT2D eigenvalue weighted by Gasteiger charge is -2.31. The van der Waals surface area contributed by atoms with E-state index < -0.39 is 55.8 Å². The predicted octanol–water partition coefficient (Wildman–Crippen LogP) is 3.49. The van der Waals surface area contributed by atoms with Gasteiger partial charge in [0.15, 0.2) is 15.7 Å². The molecule has 0 radical (unpaired) electrons. The Labute approximate surface area is 174 Å². The Balaban J connectivity index is 1.66. The molecule has 0 spiro atoms. The molecule has 13 heteroatoms. The van der Waals surface area contributed by atoms with Gasteiger partial charge in [0.25, 0.3) is 0 Å². The van der Waals surface area contributed by atoms with Crippen molar-refractivity contribution in [2.45, 2.75) is 23.9 Å². The van der Waals surface area contributed by atoms with Gasteiger partial charge in [-0.15, -0.1) is 0 Å². The van der Waals surface area contributed by atoms with Crippen LogP contribution in [0.25, 0.3) is 0 Å². The van der Waals surface area contributed by atoms with E-state index in [1.165, 1.54) is 23.4 Å². The summed E-state index contributed by atoms with van der Waals surface area (Å²) < 4.78 is 91.4. The van der Waals surface area contributed by atoms with Crippen molar-refractivity contribution in [3.63, 3.8) is 0 Å². The number of hydrogen-bond donors (Lipinski definition) is 1. The average molecular weight is 464 g/mol. The molecule has 1 aromatic carbocycles. The first-order chi connectivity index (χ1) is 14.5. The monoisotopic (exact) mass is 464 g/mol. The van der Waals surface area contributed by atoms with Gasteiger partial charge in [-0.25, -0.2) is 22.0 Å². The second-order valence-electron chi connectivity index (χ2n) is 7.01. The number of rotatable bonds is 4. The van der Waals surface area contributed by atoms with E-state index in [1.807, 2.05) is 0 Å². The lowest BCUT2D eigenvalue weighted by Crippen LogP contribution is -2.42. The summed E-state index contributed by atoms with van der Waals surface area (Å²) in [6.07, 6.45) is -2.13. The number of piperidine rings is 1. The van der Waals surface area contributed by atoms with Crippen LogP contribution in [0.5, 0.6) is 0 Å². The molecule has 2 heterocycles. The molecule has 31 heavy (non-hydrogen) atoms. The van der Waals surface area contributed by atoms with E-state index in [2.05, 4.69) is 15.5 Å². The number of urea groups is 1. The maximum Gasteiger partial charge on any atom is 0.422 e. The van der Waals surface area contributed by atoms with Crippen LogP contribution in [0.2, 0.25) is 0 Å². The van der Waals surface area contributed by atoms with Crippen molar-refractivity contribution in [1.29, 1.82) is 0 Å². The number of sulfone groups is 1. The number of nitrogens with zero attached hydrogens (tertiary/aromatic N) is 3. The summed E-state index contributed by atoms with van der Waals surface area (Å²) in [5.74, 6) is -5.14. The topological polar surface area (TPSA) is 92.3 Å². The molecule has 1 aromatic heterocycles. The van der Waals surface area contributed by atoms with E-state index in [-0.39, 0.29) is 25.9 Å². The van der Waals surface area contributed by atoms with E-state index in [1.54, 1.807) is 0 Å². The average Bonchev–Trinajstić information content (AvgIpc) is 2.67. The third-order valence-corrected chi connectivity index (χ3v) is 6.76. The van der Waals surface area contributed by atoms with Gasteiger partial charge in [0.05, 0.1) is 23.8 Å². The standard InChI is InChI=1S/C18H17F5N4O3S/c19-13-1-2-14(16(20)15(13)18(21,22)23)31(29,30)10-11-4-7-27(8-5-11)17(28)26-12-3-6-24-25-9-12/h1-3,6,9,11H,4-5,7-8,10H2,(H,24,26,28). The van der Waals surface area contributed by atoms with Crippen molar-refractivity contribution < 1.29 is 35.2 Å². The number of benzene rings is 1. The second kappa shape index (κ2) is 8.73. The van der Waals surface area contributed by atoms with Crippen LogP contribution in [0.15, 0.2) is 35.5 Å². The molecule has 7 nitrogen and oxygen atoms in total. The Morgan fingerprint density at radius 1 is 1.13 bits per heavy atom. The van der Waals surface area contributed by atoms with Gasteiger partial charge in [-0.3, -0.25) is 0 Å². The largest absolute Gasteiger partial charge is 0.422 e. The van der Waals surface area contributed by atoms with E-state index in [0.29, 0.717) is 17.8 Å². The van der Waals surface area contributed by atoms with Crippen LogP contribution in [-0.4, -0.2) is 48.4 Å². The van der Waals surface area contributed by atoms with E-state index >= 15 is 0 Å². The first kappa shape index (κ1) is 22.8. The molecule has 0 unspecified atom stereocenters. The van der Waals surface area contributed by atoms with Crippen molar-refractivity contribution in [3.05, 3.63) is 47.8 Å². The fraction of sp³-hybridized carbons (Fsp3) is 0.389. The van der Waals surface area contributed by atoms with Crippen molar-refractivity contribution >= 4 is 21.6 Å². The summed E-state index contributed by atoms with van der Waals surface area (Å²) in [6.45, 7) is 0.397. The van der Waals surface area contributed by atoms with Crippen LogP contribution in [-0.2, 0) is 16.0 Å². The number of carbonyl (C=O) groups is 1. The minimum absolute atomic E-state index is 0.199. The minimum atomic E-state index is -5.37. The van der Waals surface area contributed by atoms with Crippen molar-refractivity contribution in [2.24, 2.45) is 5.92 Å². The van der Waals surface area contributed by atoms with Crippen LogP contribution in [0.3, 0.4) is 0 Å². The summed E-state index contributed by atoms with van der Waals surface area (Å²) in [4.78, 5) is 12.5. The number of hydrogen-bond acceptors (Lipinski definition) is 5. The fourth-order valence-electron chi connectivity index (χ4n) is 3.30. The second-order valence-corrected chi connectivity index (χ2v) is 9.01. The third kappa shape index (κ3) is 5.27. The number of likely N-dealkylation sites (tertiary alicyclic amines) is 1. The molecule has 2 amide bonds. The fourth-order valence-corrected chi connectivity index (χ4v) is 5.09. The molecule has 1 N–H and O–H groups in total. The summed E-state index contributed by atoms with van der Waals surface area (Å²) in [6, 6.07) is 1.91. The summed E-state index contributed by atoms with van der Waals surface area (Å²) in [5, 5.41) is 9.81. The number of alkyl halides is 3. The van der Waals surface area contributed by atoms with E-state index in [9.17, 15) is 35.2 Å². The molecule has 1 fully saturated rings. The van der Waals surface area contributed by atoms with Gasteiger partial charge < -0.3 is 10.2 Å². The van der Waals surface area contributed by atoms with E-state index in [4.69, 9.17) is 0 Å². The van der Waals surface area contributed by atoms with E-state index in [0.717, 1.165) is 0 Å². The Kier molecular flexibility index (Phi) is 6.43. The molecule has 0 bridgehead atoms. The first-order valence-corrected chi connectivity index (χ1v) is 10.7. The highest BCUT2D eigenvalue weighted by molar-refractivity contribution is 7.91. The molecule has 1 aliphatic heterocycles. The zero-order valence-corrected chi connectivity index (χ0v) is 16.7. The van der Waals surface area contributed by atoms with Crippen LogP contribution < -0.4 is 5.32 Å². The molecule has 3 rings (SSSR count). The Hall–Kier alpha value is -2.83. The van der Waals surface area contributed by atoms with Crippen molar-refractivity contribution in [2.75, 3.05) is 24.2 Å². The zero-order chi connectivity index (χ0) is 22.8. The van der Waals surface area contributed by atoms with Gasteiger partial charge in [0.2, 0.25) is 0 Å². The summed E-state index contributed by atoms with van der Waals surface area (Å²) >= 11 is 0. The van der Waals surface area contributed by atoms with Gasteiger partial charge in [0, 0.05) is 13.1 Å². The molecular weight excluding hydrogens is 447 g/mol. The Bertz CT molecular complexity index is 1060. The summed E-state index contributed by atoms with van der Waals surface area (Å²) in [7, 11) is -4.45. The smallest absolute Gasteiger partial charge is 0.325 e. The Morgan fingerprint density at radius 3 is 2.39 bits per heavy atom. The van der Waals surface area contributed by atoms with Gasteiger partial charge in [-0.05, 0) is 37.0 Å². The lowest BCUT2D eigenvalue weighted by atomic mass is 9.99. The molecule has 0 aliphatic carbocycles. The number of halogens is 5. The highest BCUT2D eigenvalue weighted by atomic mass is 32.2. The van der Waals surface area contributed by atoms with Gasteiger partial charge in [0.1, 0.15) is 16.3 Å². The highest BCUT2D eigenvalue weighted by Crippen LogP contribution is 2.36. The summed E-state index contributed by atoms with van der Waals surface area (Å²) in [5.41, 5.74) is -1.80. The maximum absolute atomic E-state index is 14.2. The van der Waals surface area contributed by atoms with Gasteiger partial charge in [-0.1, -0.05) is 0 Å². The Morgan fingerprint density at radius 2 is 1.81 bits per heavy atom. The van der Waals surface area contributed by atoms with Crippen molar-refractivity contribution in [1.82, 2.24) is 15.1 Å². The highest BCUT2D eigenvalue weighted by Gasteiger charge is 2.40. The molecule has 1 saturated heterocycles. The van der Waals surface area contributed by atoms with Gasteiger partial charge >= 0.3 is 12.2 Å². The number of anilines is 1. The van der Waals surface area contributed by atoms with Crippen LogP contribution >= 0.6 is 0 Å². The zero-order valence-electron chi connectivity index (χ0n) is 15.9. The van der Waals surface area contributed by atoms with Crippen LogP contribution in [0.1, 0.15) is 18.4 Å². The first-order valence-electron chi connectivity index (χ1n) is 9.09. The number of nitrogens with one attached hydrogen (secondary N) is 1. The third-order valence-electron chi connectivity index (χ3n) is 4.87. The molecule has 168 valence electrons. The van der Waals surface area contributed by atoms with Gasteiger partial charge in [-0.2, -0.15) is 23.4 Å². The number of carbonyl (C=O) groups excluding carboxylic acids is 1. The molecule has 0 atom stereocenters. The predicted molar refractivity (Wildman–Crippen MR) is 98.8 cm³/mol. The van der Waals surface area contributed by atoms with Crippen LogP contribution in [0, 0.1) is 17.6 Å². The molecule has 2 aromatic rings. The molecule has 0 saturated carbocycles. The lowest BCUT2D eigenvalue weighted by molar-refractivity contribution is -0.142. The minimum Gasteiger partial charge on any atom is -0.325 e. The van der Waals surface area contributed by atoms with Crippen molar-refractivity contribution in [3.8, 4) is 0 Å². The molecule has 1 aliphatic rings. The SMILES string of the molecule is O=C(Nc1ccnnc1)N1CCC(CS(=O)(=O)c2ccc(F)c(C(F)(F)F)c2F)CC1. The quantitative estimate of drug-likeness (QED) is 0.553. The normalized spacial score (nSPS) is 15.7. The number of amides is 2.